The van der Waals surface area contributed by atoms with E-state index in [1.165, 1.54) is 0 Å². The van der Waals surface area contributed by atoms with Crippen molar-refractivity contribution in [1.29, 1.82) is 0 Å². The van der Waals surface area contributed by atoms with Crippen LogP contribution in [0.3, 0.4) is 0 Å². The molecular weight excluding hydrogens is 294 g/mol. The van der Waals surface area contributed by atoms with Crippen molar-refractivity contribution in [2.24, 2.45) is 14.1 Å². The third kappa shape index (κ3) is 2.32. The first kappa shape index (κ1) is 13.7. The SMILES string of the molecule is Cn1cc(-c2cnc3n2CCN(C(=O)c2ccn(C)n2)C3)cn1. The lowest BCUT2D eigenvalue weighted by molar-refractivity contribution is 0.0701. The number of hydrogen-bond acceptors (Lipinski definition) is 4. The Morgan fingerprint density at radius 3 is 2.74 bits per heavy atom. The smallest absolute Gasteiger partial charge is 0.274 e. The fourth-order valence-corrected chi connectivity index (χ4v) is 2.91. The first-order valence-corrected chi connectivity index (χ1v) is 7.44. The summed E-state index contributed by atoms with van der Waals surface area (Å²) < 4.78 is 5.56. The van der Waals surface area contributed by atoms with Crippen molar-refractivity contribution in [3.63, 3.8) is 0 Å². The summed E-state index contributed by atoms with van der Waals surface area (Å²) >= 11 is 0. The summed E-state index contributed by atoms with van der Waals surface area (Å²) in [6.45, 7) is 1.86. The second kappa shape index (κ2) is 5.08. The number of carbonyl (C=O) groups excluding carboxylic acids is 1. The van der Waals surface area contributed by atoms with Gasteiger partial charge in [0.25, 0.3) is 5.91 Å². The number of nitrogens with zero attached hydrogens (tertiary/aromatic N) is 7. The lowest BCUT2D eigenvalue weighted by Gasteiger charge is -2.28. The van der Waals surface area contributed by atoms with Gasteiger partial charge in [-0.1, -0.05) is 0 Å². The van der Waals surface area contributed by atoms with E-state index in [1.807, 2.05) is 25.6 Å². The molecule has 0 spiro atoms. The summed E-state index contributed by atoms with van der Waals surface area (Å²) in [5, 5.41) is 8.39. The molecule has 4 rings (SSSR count). The summed E-state index contributed by atoms with van der Waals surface area (Å²) in [6.07, 6.45) is 7.42. The summed E-state index contributed by atoms with van der Waals surface area (Å²) in [5.74, 6) is 0.835. The molecule has 1 aliphatic heterocycles. The Labute approximate surface area is 133 Å². The fourth-order valence-electron chi connectivity index (χ4n) is 2.91. The van der Waals surface area contributed by atoms with E-state index in [9.17, 15) is 4.79 Å². The molecule has 1 aliphatic rings. The minimum Gasteiger partial charge on any atom is -0.328 e. The van der Waals surface area contributed by atoms with Gasteiger partial charge in [-0.3, -0.25) is 14.2 Å². The number of imidazole rings is 1. The van der Waals surface area contributed by atoms with E-state index in [0.29, 0.717) is 18.8 Å². The van der Waals surface area contributed by atoms with Crippen molar-refractivity contribution in [2.45, 2.75) is 13.1 Å². The molecule has 1 amide bonds. The van der Waals surface area contributed by atoms with Crippen LogP contribution in [-0.2, 0) is 27.2 Å². The van der Waals surface area contributed by atoms with Crippen molar-refractivity contribution in [2.75, 3.05) is 6.54 Å². The monoisotopic (exact) mass is 311 g/mol. The molecule has 0 saturated carbocycles. The lowest BCUT2D eigenvalue weighted by Crippen LogP contribution is -2.38. The molecule has 0 fully saturated rings. The maximum atomic E-state index is 12.5. The molecule has 0 radical (unpaired) electrons. The van der Waals surface area contributed by atoms with Gasteiger partial charge in [-0.05, 0) is 6.07 Å². The van der Waals surface area contributed by atoms with Gasteiger partial charge >= 0.3 is 0 Å². The zero-order chi connectivity index (χ0) is 16.0. The van der Waals surface area contributed by atoms with Gasteiger partial charge in [0, 0.05) is 45.1 Å². The Kier molecular flexibility index (Phi) is 3.03. The van der Waals surface area contributed by atoms with Gasteiger partial charge in [-0.25, -0.2) is 4.98 Å². The summed E-state index contributed by atoms with van der Waals surface area (Å²) in [4.78, 5) is 18.8. The Morgan fingerprint density at radius 2 is 2.04 bits per heavy atom. The Bertz CT molecular complexity index is 872. The molecule has 0 bridgehead atoms. The van der Waals surface area contributed by atoms with Gasteiger partial charge in [-0.15, -0.1) is 0 Å². The van der Waals surface area contributed by atoms with Crippen LogP contribution in [0, 0.1) is 0 Å². The molecule has 0 aliphatic carbocycles. The van der Waals surface area contributed by atoms with E-state index >= 15 is 0 Å². The first-order chi connectivity index (χ1) is 11.1. The van der Waals surface area contributed by atoms with Gasteiger partial charge in [0.2, 0.25) is 0 Å². The number of rotatable bonds is 2. The zero-order valence-electron chi connectivity index (χ0n) is 13.0. The van der Waals surface area contributed by atoms with Crippen LogP contribution < -0.4 is 0 Å². The van der Waals surface area contributed by atoms with Crippen molar-refractivity contribution >= 4 is 5.91 Å². The molecule has 8 heteroatoms. The third-order valence-corrected chi connectivity index (χ3v) is 4.08. The van der Waals surface area contributed by atoms with Crippen LogP contribution in [0.2, 0.25) is 0 Å². The molecule has 3 aromatic heterocycles. The second-order valence-electron chi connectivity index (χ2n) is 5.72. The van der Waals surface area contributed by atoms with Crippen LogP contribution in [0.25, 0.3) is 11.3 Å². The first-order valence-electron chi connectivity index (χ1n) is 7.44. The molecule has 3 aromatic rings. The highest BCUT2D eigenvalue weighted by Crippen LogP contribution is 2.24. The van der Waals surface area contributed by atoms with Crippen LogP contribution >= 0.6 is 0 Å². The fraction of sp³-hybridized carbons (Fsp3) is 0.333. The third-order valence-electron chi connectivity index (χ3n) is 4.08. The molecular formula is C15H17N7O. The minimum atomic E-state index is -0.0530. The van der Waals surface area contributed by atoms with E-state index in [0.717, 1.165) is 23.6 Å². The van der Waals surface area contributed by atoms with E-state index in [-0.39, 0.29) is 5.91 Å². The van der Waals surface area contributed by atoms with Gasteiger partial charge in [-0.2, -0.15) is 10.2 Å². The molecule has 8 nitrogen and oxygen atoms in total. The van der Waals surface area contributed by atoms with Gasteiger partial charge in [0.1, 0.15) is 11.5 Å². The molecule has 0 aromatic carbocycles. The predicted octanol–water partition coefficient (Wildman–Crippen LogP) is 0.673. The largest absolute Gasteiger partial charge is 0.328 e. The Balaban J connectivity index is 1.59. The molecule has 0 unspecified atom stereocenters. The Hall–Kier alpha value is -2.90. The summed E-state index contributed by atoms with van der Waals surface area (Å²) in [6, 6.07) is 1.74. The number of hydrogen-bond donors (Lipinski definition) is 0. The van der Waals surface area contributed by atoms with Gasteiger partial charge in [0.15, 0.2) is 0 Å². The molecule has 4 heterocycles. The predicted molar refractivity (Wildman–Crippen MR) is 82.4 cm³/mol. The second-order valence-corrected chi connectivity index (χ2v) is 5.72. The van der Waals surface area contributed by atoms with Gasteiger partial charge in [0.05, 0.1) is 24.6 Å². The summed E-state index contributed by atoms with van der Waals surface area (Å²) in [7, 11) is 3.70. The number of aromatic nitrogens is 6. The van der Waals surface area contributed by atoms with E-state index in [4.69, 9.17) is 0 Å². The number of aryl methyl sites for hydroxylation is 2. The Morgan fingerprint density at radius 1 is 1.17 bits per heavy atom. The maximum Gasteiger partial charge on any atom is 0.274 e. The topological polar surface area (TPSA) is 73.8 Å². The lowest BCUT2D eigenvalue weighted by atomic mass is 10.2. The van der Waals surface area contributed by atoms with Crippen LogP contribution in [0.1, 0.15) is 16.3 Å². The summed E-state index contributed by atoms with van der Waals surface area (Å²) in [5.41, 5.74) is 2.55. The van der Waals surface area contributed by atoms with Crippen molar-refractivity contribution in [3.8, 4) is 11.3 Å². The minimum absolute atomic E-state index is 0.0530. The average molecular weight is 311 g/mol. The number of amides is 1. The van der Waals surface area contributed by atoms with E-state index in [1.54, 1.807) is 33.6 Å². The molecule has 0 atom stereocenters. The quantitative estimate of drug-likeness (QED) is 0.697. The van der Waals surface area contributed by atoms with E-state index in [2.05, 4.69) is 19.7 Å². The normalized spacial score (nSPS) is 14.1. The van der Waals surface area contributed by atoms with Crippen molar-refractivity contribution in [1.82, 2.24) is 34.0 Å². The van der Waals surface area contributed by atoms with Crippen molar-refractivity contribution < 1.29 is 4.79 Å². The molecule has 0 N–H and O–H groups in total. The molecule has 0 saturated heterocycles. The van der Waals surface area contributed by atoms with Crippen molar-refractivity contribution in [3.05, 3.63) is 42.4 Å². The highest BCUT2D eigenvalue weighted by molar-refractivity contribution is 5.92. The average Bonchev–Trinajstić information content (AvgIpc) is 3.25. The standard InChI is InChI=1S/C15H17N7O/c1-19-4-3-12(18-19)15(23)21-5-6-22-13(8-16-14(22)10-21)11-7-17-20(2)9-11/h3-4,7-9H,5-6,10H2,1-2H3. The van der Waals surface area contributed by atoms with Crippen LogP contribution in [0.4, 0.5) is 0 Å². The molecule has 118 valence electrons. The maximum absolute atomic E-state index is 12.5. The van der Waals surface area contributed by atoms with E-state index < -0.39 is 0 Å². The highest BCUT2D eigenvalue weighted by atomic mass is 16.2. The number of carbonyl (C=O) groups is 1. The highest BCUT2D eigenvalue weighted by Gasteiger charge is 2.26. The van der Waals surface area contributed by atoms with Crippen LogP contribution in [0.15, 0.2) is 30.9 Å². The van der Waals surface area contributed by atoms with Gasteiger partial charge < -0.3 is 9.47 Å². The van der Waals surface area contributed by atoms with Crippen LogP contribution in [-0.4, -0.2) is 46.5 Å². The number of fused-ring (bicyclic) bond motifs is 1. The zero-order valence-corrected chi connectivity index (χ0v) is 13.0. The van der Waals surface area contributed by atoms with Crippen LogP contribution in [0.5, 0.6) is 0 Å². The molecule has 23 heavy (non-hydrogen) atoms.